The molecule has 0 saturated carbocycles. The van der Waals surface area contributed by atoms with Crippen LogP contribution in [0, 0.1) is 71.6 Å². The maximum Gasteiger partial charge on any atom is 1.00 e. The third-order valence-corrected chi connectivity index (χ3v) is 15.9. The Hall–Kier alpha value is -1.68. The summed E-state index contributed by atoms with van der Waals surface area (Å²) in [7, 11) is 4.34. The molecule has 2 N–H and O–H groups in total. The fourth-order valence-corrected chi connectivity index (χ4v) is 10.8. The van der Waals surface area contributed by atoms with Gasteiger partial charge in [0.1, 0.15) is 26.0 Å². The molecule has 19 heteroatoms. The van der Waals surface area contributed by atoms with E-state index in [2.05, 4.69) is 133 Å². The number of thiazole rings is 2. The molecular formula is C36H35BBr2CuN6S9. The Kier molecular flexibility index (Phi) is 28.6. The van der Waals surface area contributed by atoms with E-state index in [-0.39, 0.29) is 17.1 Å². The van der Waals surface area contributed by atoms with Gasteiger partial charge in [0.15, 0.2) is 0 Å². The van der Waals surface area contributed by atoms with Crippen LogP contribution >= 0.6 is 136 Å². The van der Waals surface area contributed by atoms with Gasteiger partial charge in [0.2, 0.25) is 0 Å². The van der Waals surface area contributed by atoms with Crippen LogP contribution in [0.3, 0.4) is 0 Å². The fraction of sp³-hybridized carbons (Fsp3) is 0.194. The molecule has 0 aliphatic carbocycles. The van der Waals surface area contributed by atoms with Gasteiger partial charge in [-0.25, -0.2) is 9.97 Å². The minimum Gasteiger partial charge on any atom is -0.512 e. The van der Waals surface area contributed by atoms with Gasteiger partial charge in [-0.2, -0.15) is 5.26 Å². The van der Waals surface area contributed by atoms with Crippen molar-refractivity contribution in [1.82, 2.24) is 9.97 Å². The number of thiol groups is 1. The zero-order chi connectivity index (χ0) is 40.8. The number of hydrogen-bond acceptors (Lipinski definition) is 14. The maximum absolute atomic E-state index is 8.37. The van der Waals surface area contributed by atoms with Crippen LogP contribution in [0.1, 0.15) is 49.0 Å². The Balaban J connectivity index is 0.000000651. The summed E-state index contributed by atoms with van der Waals surface area (Å²) < 4.78 is 5.07. The molecule has 0 saturated heterocycles. The number of thiocarbonyl (C=S) groups is 1. The van der Waals surface area contributed by atoms with E-state index in [1.807, 2.05) is 50.6 Å². The summed E-state index contributed by atoms with van der Waals surface area (Å²) in [6.07, 6.45) is 0. The van der Waals surface area contributed by atoms with Crippen molar-refractivity contribution in [3.05, 3.63) is 126 Å². The molecule has 7 aromatic rings. The molecular weight excluding hydrogens is 1040 g/mol. The van der Waals surface area contributed by atoms with Gasteiger partial charge in [-0.15, -0.1) is 79.4 Å². The van der Waals surface area contributed by atoms with Crippen molar-refractivity contribution in [2.45, 2.75) is 48.5 Å². The van der Waals surface area contributed by atoms with Gasteiger partial charge in [-0.1, -0.05) is 12.2 Å². The van der Waals surface area contributed by atoms with Crippen molar-refractivity contribution >= 4 is 149 Å². The Morgan fingerprint density at radius 3 is 1.49 bits per heavy atom. The summed E-state index contributed by atoms with van der Waals surface area (Å²) in [5.74, 6) is 0. The van der Waals surface area contributed by atoms with Gasteiger partial charge in [-0.05, 0) is 165 Å². The van der Waals surface area contributed by atoms with Crippen molar-refractivity contribution in [2.75, 3.05) is 0 Å². The topological polar surface area (TPSA) is 112 Å². The van der Waals surface area contributed by atoms with E-state index < -0.39 is 0 Å². The minimum absolute atomic E-state index is 0. The summed E-state index contributed by atoms with van der Waals surface area (Å²) in [6.45, 7) is 19.1. The number of nitriles is 1. The molecule has 0 aliphatic heterocycles. The normalized spacial score (nSPS) is 9.05. The van der Waals surface area contributed by atoms with Crippen LogP contribution in [0.25, 0.3) is 19.8 Å². The molecule has 7 heterocycles. The number of hydrogen-bond donors (Lipinski definition) is 2. The predicted octanol–water partition coefficient (Wildman–Crippen LogP) is 14.5. The zero-order valence-corrected chi connectivity index (χ0v) is 42.1. The molecule has 7 rings (SSSR count). The van der Waals surface area contributed by atoms with Gasteiger partial charge >= 0.3 is 41.8 Å². The van der Waals surface area contributed by atoms with Crippen molar-refractivity contribution in [3.8, 4) is 25.8 Å². The second kappa shape index (κ2) is 29.5. The molecule has 1 radical (unpaired) electrons. The SMILES string of the molecule is Cc1ccsc1-c1nc(C)c(Br)s1.Cc1ccsc1Br.Cc1ccsc1C#N.Cc1ccsc1C(N)=S.Cc1csc(-c2sccc2C)n1.[B]=NS.[C-]#N.[Cu+]. The average molecular weight is 1070 g/mol. The molecule has 55 heavy (non-hydrogen) atoms. The van der Waals surface area contributed by atoms with E-state index in [1.165, 1.54) is 47.1 Å². The Morgan fingerprint density at radius 2 is 1.22 bits per heavy atom. The number of rotatable bonds is 3. The fourth-order valence-electron chi connectivity index (χ4n) is 3.58. The summed E-state index contributed by atoms with van der Waals surface area (Å²) in [6, 6.07) is 12.4. The van der Waals surface area contributed by atoms with Crippen LogP contribution in [0.2, 0.25) is 0 Å². The number of halogens is 2. The van der Waals surface area contributed by atoms with Crippen LogP contribution in [0.15, 0.2) is 74.5 Å². The molecule has 0 spiro atoms. The van der Waals surface area contributed by atoms with Crippen LogP contribution in [0.4, 0.5) is 0 Å². The molecule has 0 fully saturated rings. The Bertz CT molecular complexity index is 2180. The molecule has 291 valence electrons. The van der Waals surface area contributed by atoms with E-state index in [4.69, 9.17) is 35.0 Å². The van der Waals surface area contributed by atoms with Gasteiger partial charge in [0.25, 0.3) is 0 Å². The van der Waals surface area contributed by atoms with Crippen molar-refractivity contribution in [3.63, 3.8) is 0 Å². The molecule has 7 aromatic heterocycles. The summed E-state index contributed by atoms with van der Waals surface area (Å²) in [5.41, 5.74) is 13.8. The van der Waals surface area contributed by atoms with Crippen LogP contribution in [-0.2, 0) is 17.1 Å². The molecule has 0 aliphatic rings. The maximum atomic E-state index is 8.37. The number of nitrogens with zero attached hydrogens (tertiary/aromatic N) is 5. The van der Waals surface area contributed by atoms with Gasteiger partial charge in [0, 0.05) is 11.1 Å². The number of aryl methyl sites for hydroxylation is 7. The van der Waals surface area contributed by atoms with Crippen molar-refractivity contribution < 1.29 is 17.1 Å². The molecule has 0 atom stereocenters. The Labute approximate surface area is 392 Å². The van der Waals surface area contributed by atoms with E-state index in [0.717, 1.165) is 40.5 Å². The standard InChI is InChI=1S/C9H8BrNS2.C9H9NS2.C6H7NS2.C6H5NS.C5H5BrS.CN.BHNS.Cu/c1-5-3-4-12-7(5)9-11-6(2)8(10)13-9;1-6-3-4-11-8(6)9-10-7(2)5-12-9;1-4-2-3-9-5(4)6(7)8;1-5-2-3-8-6(5)4-7;1-4-2-3-7-5(4)6;1-2;1-2-3;/h3-4H,1-2H3;3-5H,1-2H3;2-3H,1H3,(H2,7,8);2-3H,1H3;2-3H,1H3;;3H;/q;;;;;-1;;+1. The zero-order valence-electron chi connectivity index (χ0n) is 30.5. The first-order valence-corrected chi connectivity index (χ1v) is 23.6. The minimum atomic E-state index is 0. The quantitative estimate of drug-likeness (QED) is 0.0789. The molecule has 6 nitrogen and oxygen atoms in total. The third-order valence-electron chi connectivity index (χ3n) is 6.32. The van der Waals surface area contributed by atoms with Crippen LogP contribution in [-0.4, -0.2) is 22.6 Å². The van der Waals surface area contributed by atoms with Gasteiger partial charge in [-0.3, -0.25) is 0 Å². The van der Waals surface area contributed by atoms with E-state index in [1.54, 1.807) is 68.0 Å². The largest absolute Gasteiger partial charge is 1.00 e. The average Bonchev–Trinajstić information content (AvgIpc) is 4.01. The Morgan fingerprint density at radius 1 is 0.745 bits per heavy atom. The monoisotopic (exact) mass is 1070 g/mol. The molecule has 0 amide bonds. The molecule has 0 bridgehead atoms. The van der Waals surface area contributed by atoms with Crippen LogP contribution < -0.4 is 5.73 Å². The number of thiophene rings is 5. The number of nitrogens with two attached hydrogens (primary N) is 1. The third kappa shape index (κ3) is 19.1. The number of aromatic nitrogens is 2. The van der Waals surface area contributed by atoms with E-state index >= 15 is 0 Å². The summed E-state index contributed by atoms with van der Waals surface area (Å²) >= 11 is 26.6. The second-order valence-corrected chi connectivity index (χ2v) is 20.1. The van der Waals surface area contributed by atoms with Crippen LogP contribution in [0.5, 0.6) is 0 Å². The van der Waals surface area contributed by atoms with Crippen molar-refractivity contribution in [2.24, 2.45) is 10.0 Å². The van der Waals surface area contributed by atoms with Gasteiger partial charge in [0.05, 0.1) is 27.9 Å². The smallest absolute Gasteiger partial charge is 0.512 e. The summed E-state index contributed by atoms with van der Waals surface area (Å²) in [4.78, 5) is 13.9. The first-order valence-electron chi connectivity index (χ1n) is 15.1. The predicted molar refractivity (Wildman–Crippen MR) is 255 cm³/mol. The summed E-state index contributed by atoms with van der Waals surface area (Å²) in [5, 5.41) is 29.2. The van der Waals surface area contributed by atoms with Crippen molar-refractivity contribution in [1.29, 1.82) is 10.5 Å². The van der Waals surface area contributed by atoms with Gasteiger partial charge < -0.3 is 17.6 Å². The molecule has 0 aromatic carbocycles. The first-order chi connectivity index (χ1) is 25.7. The second-order valence-electron chi connectivity index (χ2n) is 10.4. The van der Waals surface area contributed by atoms with E-state index in [0.29, 0.717) is 4.99 Å². The van der Waals surface area contributed by atoms with E-state index in [9.17, 15) is 0 Å². The first kappa shape index (κ1) is 53.3. The molecule has 0 unspecified atom stereocenters.